The van der Waals surface area contributed by atoms with Gasteiger partial charge in [0.25, 0.3) is 0 Å². The summed E-state index contributed by atoms with van der Waals surface area (Å²) < 4.78 is 51.2. The summed E-state index contributed by atoms with van der Waals surface area (Å²) in [6.07, 6.45) is -2.62. The Morgan fingerprint density at radius 1 is 1.32 bits per heavy atom. The van der Waals surface area contributed by atoms with Crippen LogP contribution >= 0.6 is 0 Å². The maximum atomic E-state index is 13.6. The number of hydrogen-bond donors (Lipinski definition) is 1. The zero-order valence-corrected chi connectivity index (χ0v) is 10.9. The smallest absolute Gasteiger partial charge is 0.310 e. The van der Waals surface area contributed by atoms with Crippen LogP contribution in [-0.2, 0) is 6.18 Å². The molecular weight excluding hydrogens is 258 g/mol. The first kappa shape index (κ1) is 14.3. The Labute approximate surface area is 110 Å². The molecule has 19 heavy (non-hydrogen) atoms. The van der Waals surface area contributed by atoms with Crippen molar-refractivity contribution >= 4 is 0 Å². The summed E-state index contributed by atoms with van der Waals surface area (Å²) in [6, 6.07) is 3.14. The van der Waals surface area contributed by atoms with Crippen molar-refractivity contribution in [3.8, 4) is 0 Å². The number of rotatable bonds is 4. The van der Waals surface area contributed by atoms with Gasteiger partial charge in [0.05, 0.1) is 5.56 Å². The zero-order valence-electron chi connectivity index (χ0n) is 10.9. The molecule has 0 aromatic heterocycles. The lowest BCUT2D eigenvalue weighted by Crippen LogP contribution is -2.28. The van der Waals surface area contributed by atoms with Gasteiger partial charge in [-0.15, -0.1) is 0 Å². The van der Waals surface area contributed by atoms with Crippen LogP contribution in [0.2, 0.25) is 0 Å². The average molecular weight is 275 g/mol. The van der Waals surface area contributed by atoms with Crippen molar-refractivity contribution in [3.63, 3.8) is 0 Å². The lowest BCUT2D eigenvalue weighted by atomic mass is 9.91. The fourth-order valence-electron chi connectivity index (χ4n) is 2.40. The highest BCUT2D eigenvalue weighted by Crippen LogP contribution is 2.54. The number of nitrogens with one attached hydrogen (secondary N) is 1. The van der Waals surface area contributed by atoms with Gasteiger partial charge >= 0.3 is 6.18 Å². The van der Waals surface area contributed by atoms with Crippen LogP contribution in [0.25, 0.3) is 0 Å². The normalized spacial score (nSPS) is 19.3. The first-order valence-electron chi connectivity index (χ1n) is 6.38. The number of benzene rings is 1. The van der Waals surface area contributed by atoms with E-state index >= 15 is 0 Å². The van der Waals surface area contributed by atoms with Crippen LogP contribution in [0.15, 0.2) is 18.2 Å². The Hall–Kier alpha value is -1.10. The molecule has 5 heteroatoms. The van der Waals surface area contributed by atoms with E-state index in [9.17, 15) is 17.6 Å². The van der Waals surface area contributed by atoms with E-state index in [1.807, 2.05) is 6.92 Å². The number of hydrogen-bond acceptors (Lipinski definition) is 1. The quantitative estimate of drug-likeness (QED) is 0.808. The SMILES string of the molecule is CCNC(c1ccc(C(F)(F)F)c(F)c1)C1(C)CC1. The molecule has 106 valence electrons. The van der Waals surface area contributed by atoms with Gasteiger partial charge in [-0.3, -0.25) is 0 Å². The lowest BCUT2D eigenvalue weighted by Gasteiger charge is -2.25. The van der Waals surface area contributed by atoms with Crippen molar-refractivity contribution in [2.75, 3.05) is 6.54 Å². The molecule has 0 spiro atoms. The molecule has 1 nitrogen and oxygen atoms in total. The van der Waals surface area contributed by atoms with Gasteiger partial charge in [-0.25, -0.2) is 4.39 Å². The van der Waals surface area contributed by atoms with Gasteiger partial charge in [0.1, 0.15) is 5.82 Å². The predicted molar refractivity (Wildman–Crippen MR) is 65.2 cm³/mol. The van der Waals surface area contributed by atoms with E-state index in [0.29, 0.717) is 12.1 Å². The van der Waals surface area contributed by atoms with E-state index < -0.39 is 17.6 Å². The molecule has 2 rings (SSSR count). The van der Waals surface area contributed by atoms with Crippen LogP contribution in [0.5, 0.6) is 0 Å². The fraction of sp³-hybridized carbons (Fsp3) is 0.571. The highest BCUT2D eigenvalue weighted by atomic mass is 19.4. The van der Waals surface area contributed by atoms with Gasteiger partial charge in [0.15, 0.2) is 0 Å². The Balaban J connectivity index is 2.32. The van der Waals surface area contributed by atoms with E-state index in [-0.39, 0.29) is 11.5 Å². The van der Waals surface area contributed by atoms with Crippen molar-refractivity contribution < 1.29 is 17.6 Å². The second kappa shape index (κ2) is 4.78. The molecule has 1 aliphatic carbocycles. The molecule has 1 fully saturated rings. The second-order valence-electron chi connectivity index (χ2n) is 5.38. The minimum Gasteiger partial charge on any atom is -0.310 e. The molecule has 0 aliphatic heterocycles. The standard InChI is InChI=1S/C14H17F4N/c1-3-19-12(13(2)6-7-13)9-4-5-10(11(15)8-9)14(16,17)18/h4-5,8,12,19H,3,6-7H2,1-2H3. The summed E-state index contributed by atoms with van der Waals surface area (Å²) in [5, 5.41) is 3.24. The molecule has 0 saturated heterocycles. The minimum absolute atomic E-state index is 0.0300. The maximum Gasteiger partial charge on any atom is 0.419 e. The highest BCUT2D eigenvalue weighted by Gasteiger charge is 2.45. The Bertz CT molecular complexity index is 463. The Kier molecular flexibility index (Phi) is 3.60. The monoisotopic (exact) mass is 275 g/mol. The molecule has 0 radical (unpaired) electrons. The Morgan fingerprint density at radius 2 is 1.95 bits per heavy atom. The molecule has 1 saturated carbocycles. The van der Waals surface area contributed by atoms with E-state index in [1.165, 1.54) is 6.07 Å². The van der Waals surface area contributed by atoms with Crippen molar-refractivity contribution in [1.82, 2.24) is 5.32 Å². The van der Waals surface area contributed by atoms with Crippen LogP contribution in [0.4, 0.5) is 17.6 Å². The van der Waals surface area contributed by atoms with E-state index in [0.717, 1.165) is 25.0 Å². The summed E-state index contributed by atoms with van der Waals surface area (Å²) in [5.74, 6) is -1.20. The molecule has 1 unspecified atom stereocenters. The predicted octanol–water partition coefficient (Wildman–Crippen LogP) is 4.30. The van der Waals surface area contributed by atoms with Crippen LogP contribution in [-0.4, -0.2) is 6.54 Å². The summed E-state index contributed by atoms with van der Waals surface area (Å²) in [4.78, 5) is 0. The van der Waals surface area contributed by atoms with Gasteiger partial charge in [-0.2, -0.15) is 13.2 Å². The molecular formula is C14H17F4N. The van der Waals surface area contributed by atoms with E-state index in [1.54, 1.807) is 0 Å². The number of halogens is 4. The third kappa shape index (κ3) is 2.91. The molecule has 0 amide bonds. The summed E-state index contributed by atoms with van der Waals surface area (Å²) in [7, 11) is 0. The summed E-state index contributed by atoms with van der Waals surface area (Å²) >= 11 is 0. The van der Waals surface area contributed by atoms with Crippen LogP contribution in [0.1, 0.15) is 43.9 Å². The van der Waals surface area contributed by atoms with Crippen LogP contribution < -0.4 is 5.32 Å². The van der Waals surface area contributed by atoms with Crippen molar-refractivity contribution in [3.05, 3.63) is 35.1 Å². The van der Waals surface area contributed by atoms with Crippen molar-refractivity contribution in [2.45, 2.75) is 38.9 Å². The average Bonchev–Trinajstić information content (AvgIpc) is 3.03. The molecule has 1 aliphatic rings. The summed E-state index contributed by atoms with van der Waals surface area (Å²) in [5.41, 5.74) is -0.581. The maximum absolute atomic E-state index is 13.6. The van der Waals surface area contributed by atoms with E-state index in [2.05, 4.69) is 12.2 Å². The zero-order chi connectivity index (χ0) is 14.3. The largest absolute Gasteiger partial charge is 0.419 e. The third-order valence-electron chi connectivity index (χ3n) is 3.78. The third-order valence-corrected chi connectivity index (χ3v) is 3.78. The van der Waals surface area contributed by atoms with Gasteiger partial charge in [0, 0.05) is 6.04 Å². The number of alkyl halides is 3. The minimum atomic E-state index is -4.64. The topological polar surface area (TPSA) is 12.0 Å². The first-order chi connectivity index (χ1) is 8.78. The molecule has 1 aromatic carbocycles. The Morgan fingerprint density at radius 3 is 2.37 bits per heavy atom. The second-order valence-corrected chi connectivity index (χ2v) is 5.38. The van der Waals surface area contributed by atoms with Crippen LogP contribution in [0.3, 0.4) is 0 Å². The van der Waals surface area contributed by atoms with Crippen molar-refractivity contribution in [2.24, 2.45) is 5.41 Å². The van der Waals surface area contributed by atoms with Gasteiger partial charge in [-0.05, 0) is 42.5 Å². The summed E-state index contributed by atoms with van der Waals surface area (Å²) in [6.45, 7) is 4.69. The molecule has 1 N–H and O–H groups in total. The molecule has 1 atom stereocenters. The van der Waals surface area contributed by atoms with E-state index in [4.69, 9.17) is 0 Å². The van der Waals surface area contributed by atoms with Gasteiger partial charge in [0.2, 0.25) is 0 Å². The fourth-order valence-corrected chi connectivity index (χ4v) is 2.40. The van der Waals surface area contributed by atoms with Crippen LogP contribution in [0, 0.1) is 11.2 Å². The molecule has 1 aromatic rings. The first-order valence-corrected chi connectivity index (χ1v) is 6.38. The molecule has 0 heterocycles. The highest BCUT2D eigenvalue weighted by molar-refractivity contribution is 5.30. The lowest BCUT2D eigenvalue weighted by molar-refractivity contribution is -0.140. The van der Waals surface area contributed by atoms with Gasteiger partial charge in [-0.1, -0.05) is 19.9 Å². The van der Waals surface area contributed by atoms with Crippen molar-refractivity contribution in [1.29, 1.82) is 0 Å². The van der Waals surface area contributed by atoms with Gasteiger partial charge < -0.3 is 5.32 Å². The molecule has 0 bridgehead atoms.